The molecule has 2 amide bonds. The van der Waals surface area contributed by atoms with Crippen molar-refractivity contribution >= 4 is 29.1 Å². The molecule has 1 aliphatic rings. The lowest BCUT2D eigenvalue weighted by atomic mass is 10.1. The van der Waals surface area contributed by atoms with Gasteiger partial charge in [0.2, 0.25) is 11.8 Å². The van der Waals surface area contributed by atoms with Gasteiger partial charge in [-0.2, -0.15) is 0 Å². The molecule has 1 heterocycles. The molecule has 6 heteroatoms. The van der Waals surface area contributed by atoms with Gasteiger partial charge >= 0.3 is 0 Å². The highest BCUT2D eigenvalue weighted by atomic mass is 35.5. The number of nitrogens with one attached hydrogen (secondary N) is 1. The first kappa shape index (κ1) is 17.3. The zero-order chi connectivity index (χ0) is 17.8. The summed E-state index contributed by atoms with van der Waals surface area (Å²) in [5, 5.41) is 3.28. The topological polar surface area (TPSA) is 58.6 Å². The molecule has 0 radical (unpaired) electrons. The first-order chi connectivity index (χ1) is 12.1. The van der Waals surface area contributed by atoms with Crippen LogP contribution in [0.3, 0.4) is 0 Å². The molecule has 1 fully saturated rings. The minimum atomic E-state index is -0.485. The Bertz CT molecular complexity index is 779. The number of hydrogen-bond acceptors (Lipinski definition) is 3. The zero-order valence-corrected chi connectivity index (χ0v) is 14.6. The van der Waals surface area contributed by atoms with Crippen molar-refractivity contribution in [1.82, 2.24) is 5.32 Å². The van der Waals surface area contributed by atoms with Crippen molar-refractivity contribution in [3.63, 3.8) is 0 Å². The van der Waals surface area contributed by atoms with E-state index in [1.54, 1.807) is 23.1 Å². The van der Waals surface area contributed by atoms with Gasteiger partial charge in [-0.3, -0.25) is 9.59 Å². The third kappa shape index (κ3) is 3.94. The molecule has 0 bridgehead atoms. The van der Waals surface area contributed by atoms with Crippen molar-refractivity contribution < 1.29 is 14.3 Å². The van der Waals surface area contributed by atoms with E-state index in [0.717, 1.165) is 11.3 Å². The lowest BCUT2D eigenvalue weighted by molar-refractivity contribution is -0.126. The average molecular weight is 359 g/mol. The summed E-state index contributed by atoms with van der Waals surface area (Å²) in [5.41, 5.74) is 1.62. The number of hydrogen-bond donors (Lipinski definition) is 1. The van der Waals surface area contributed by atoms with Gasteiger partial charge in [0.15, 0.2) is 0 Å². The number of benzene rings is 2. The van der Waals surface area contributed by atoms with Crippen LogP contribution in [0, 0.1) is 0 Å². The Kier molecular flexibility index (Phi) is 5.24. The molecule has 130 valence electrons. The van der Waals surface area contributed by atoms with Gasteiger partial charge in [0.05, 0.1) is 18.6 Å². The SMILES string of the molecule is COc1ccc(CC(=O)N[C@@H]2CCN(c3ccccc3)C2=O)cc1Cl. The molecule has 0 aliphatic carbocycles. The maximum absolute atomic E-state index is 12.5. The van der Waals surface area contributed by atoms with E-state index in [2.05, 4.69) is 5.32 Å². The second-order valence-corrected chi connectivity index (χ2v) is 6.29. The third-order valence-corrected chi connectivity index (χ3v) is 4.48. The van der Waals surface area contributed by atoms with Crippen LogP contribution in [0.15, 0.2) is 48.5 Å². The van der Waals surface area contributed by atoms with Crippen molar-refractivity contribution in [2.75, 3.05) is 18.6 Å². The van der Waals surface area contributed by atoms with Crippen LogP contribution in [0.1, 0.15) is 12.0 Å². The van der Waals surface area contributed by atoms with Crippen molar-refractivity contribution in [2.45, 2.75) is 18.9 Å². The molecule has 25 heavy (non-hydrogen) atoms. The largest absolute Gasteiger partial charge is 0.495 e. The number of rotatable bonds is 5. The van der Waals surface area contributed by atoms with Crippen LogP contribution in [0.5, 0.6) is 5.75 Å². The number of halogens is 1. The van der Waals surface area contributed by atoms with Crippen LogP contribution in [-0.4, -0.2) is 31.5 Å². The van der Waals surface area contributed by atoms with Gasteiger partial charge in [0.25, 0.3) is 0 Å². The van der Waals surface area contributed by atoms with Crippen molar-refractivity contribution in [1.29, 1.82) is 0 Å². The van der Waals surface area contributed by atoms with E-state index >= 15 is 0 Å². The molecule has 1 atom stereocenters. The average Bonchev–Trinajstić information content (AvgIpc) is 2.96. The molecule has 2 aromatic carbocycles. The molecule has 5 nitrogen and oxygen atoms in total. The van der Waals surface area contributed by atoms with Gasteiger partial charge in [-0.25, -0.2) is 0 Å². The number of methoxy groups -OCH3 is 1. The summed E-state index contributed by atoms with van der Waals surface area (Å²) < 4.78 is 5.10. The molecule has 2 aromatic rings. The molecule has 0 unspecified atom stereocenters. The third-order valence-electron chi connectivity index (χ3n) is 4.19. The minimum Gasteiger partial charge on any atom is -0.495 e. The van der Waals surface area contributed by atoms with Crippen LogP contribution in [0.2, 0.25) is 5.02 Å². The maximum Gasteiger partial charge on any atom is 0.249 e. The molecule has 1 aliphatic heterocycles. The first-order valence-corrected chi connectivity index (χ1v) is 8.44. The molecular weight excluding hydrogens is 340 g/mol. The summed E-state index contributed by atoms with van der Waals surface area (Å²) in [4.78, 5) is 26.5. The fraction of sp³-hybridized carbons (Fsp3) is 0.263. The summed E-state index contributed by atoms with van der Waals surface area (Å²) in [5.74, 6) is 0.289. The van der Waals surface area contributed by atoms with Crippen LogP contribution in [-0.2, 0) is 16.0 Å². The van der Waals surface area contributed by atoms with Gasteiger partial charge in [-0.15, -0.1) is 0 Å². The van der Waals surface area contributed by atoms with Crippen LogP contribution < -0.4 is 15.0 Å². The number of ether oxygens (including phenoxy) is 1. The van der Waals surface area contributed by atoms with Crippen LogP contribution in [0.25, 0.3) is 0 Å². The summed E-state index contributed by atoms with van der Waals surface area (Å²) in [7, 11) is 1.54. The number of amides is 2. The quantitative estimate of drug-likeness (QED) is 0.894. The molecule has 1 N–H and O–H groups in total. The Morgan fingerprint density at radius 2 is 2.04 bits per heavy atom. The van der Waals surface area contributed by atoms with Gasteiger partial charge in [-0.1, -0.05) is 35.9 Å². The maximum atomic E-state index is 12.5. The van der Waals surface area contributed by atoms with E-state index in [-0.39, 0.29) is 18.2 Å². The fourth-order valence-corrected chi connectivity index (χ4v) is 3.21. The van der Waals surface area contributed by atoms with Crippen LogP contribution >= 0.6 is 11.6 Å². The summed E-state index contributed by atoms with van der Waals surface area (Å²) in [6.45, 7) is 0.599. The highest BCUT2D eigenvalue weighted by Crippen LogP contribution is 2.25. The number of anilines is 1. The van der Waals surface area contributed by atoms with Crippen molar-refractivity contribution in [2.24, 2.45) is 0 Å². The van der Waals surface area contributed by atoms with E-state index in [1.165, 1.54) is 7.11 Å². The molecular formula is C19H19ClN2O3. The monoisotopic (exact) mass is 358 g/mol. The van der Waals surface area contributed by atoms with Crippen LogP contribution in [0.4, 0.5) is 5.69 Å². The smallest absolute Gasteiger partial charge is 0.249 e. The van der Waals surface area contributed by atoms with E-state index in [4.69, 9.17) is 16.3 Å². The van der Waals surface area contributed by atoms with Gasteiger partial charge in [0.1, 0.15) is 11.8 Å². The number of carbonyl (C=O) groups is 2. The van der Waals surface area contributed by atoms with E-state index in [9.17, 15) is 9.59 Å². The second kappa shape index (κ2) is 7.57. The highest BCUT2D eigenvalue weighted by molar-refractivity contribution is 6.32. The Morgan fingerprint density at radius 1 is 1.28 bits per heavy atom. The lowest BCUT2D eigenvalue weighted by Crippen LogP contribution is -2.42. The fourth-order valence-electron chi connectivity index (χ4n) is 2.93. The van der Waals surface area contributed by atoms with E-state index in [0.29, 0.717) is 23.7 Å². The normalized spacial score (nSPS) is 16.8. The van der Waals surface area contributed by atoms with Gasteiger partial charge in [0, 0.05) is 12.2 Å². The zero-order valence-electron chi connectivity index (χ0n) is 13.9. The summed E-state index contributed by atoms with van der Waals surface area (Å²) in [6.07, 6.45) is 0.766. The highest BCUT2D eigenvalue weighted by Gasteiger charge is 2.33. The van der Waals surface area contributed by atoms with Crippen molar-refractivity contribution in [3.05, 3.63) is 59.1 Å². The lowest BCUT2D eigenvalue weighted by Gasteiger charge is -2.17. The van der Waals surface area contributed by atoms with Gasteiger partial charge in [-0.05, 0) is 36.2 Å². The molecule has 1 saturated heterocycles. The predicted octanol–water partition coefficient (Wildman–Crippen LogP) is 2.81. The second-order valence-electron chi connectivity index (χ2n) is 5.88. The van der Waals surface area contributed by atoms with Gasteiger partial charge < -0.3 is 15.0 Å². The number of nitrogens with zero attached hydrogens (tertiary/aromatic N) is 1. The van der Waals surface area contributed by atoms with E-state index in [1.807, 2.05) is 30.3 Å². The Balaban J connectivity index is 1.60. The molecule has 3 rings (SSSR count). The predicted molar refractivity (Wildman–Crippen MR) is 97.1 cm³/mol. The Morgan fingerprint density at radius 3 is 2.72 bits per heavy atom. The number of carbonyl (C=O) groups excluding carboxylic acids is 2. The Hall–Kier alpha value is -2.53. The summed E-state index contributed by atoms with van der Waals surface area (Å²) in [6, 6.07) is 14.2. The Labute approximate surface area is 151 Å². The molecule has 0 saturated carbocycles. The summed E-state index contributed by atoms with van der Waals surface area (Å²) >= 11 is 6.08. The molecule has 0 spiro atoms. The molecule has 0 aromatic heterocycles. The van der Waals surface area contributed by atoms with E-state index < -0.39 is 6.04 Å². The first-order valence-electron chi connectivity index (χ1n) is 8.06. The standard InChI is InChI=1S/C19H19ClN2O3/c1-25-17-8-7-13(11-15(17)20)12-18(23)21-16-9-10-22(19(16)24)14-5-3-2-4-6-14/h2-8,11,16H,9-10,12H2,1H3,(H,21,23)/t16-/m1/s1. The minimum absolute atomic E-state index is 0.0766. The number of para-hydroxylation sites is 1. The van der Waals surface area contributed by atoms with Crippen molar-refractivity contribution in [3.8, 4) is 5.75 Å².